The van der Waals surface area contributed by atoms with E-state index >= 15 is 0 Å². The molecule has 5 heteroatoms. The van der Waals surface area contributed by atoms with Crippen molar-refractivity contribution >= 4 is 8.25 Å². The molecule has 0 unspecified atom stereocenters. The second-order valence-corrected chi connectivity index (χ2v) is 2.61. The summed E-state index contributed by atoms with van der Waals surface area (Å²) in [5, 5.41) is 0.980. The molecule has 0 rings (SSSR count). The molecular formula is C5H12NiO3P. The fourth-order valence-corrected chi connectivity index (χ4v) is 0.576. The van der Waals surface area contributed by atoms with Crippen LogP contribution < -0.4 is 9.79 Å². The van der Waals surface area contributed by atoms with E-state index in [9.17, 15) is 0 Å². The molecule has 0 saturated carbocycles. The maximum absolute atomic E-state index is 8.52. The third-order valence-corrected chi connectivity index (χ3v) is 1.06. The maximum Gasteiger partial charge on any atom is -0.0813 e. The van der Waals surface area contributed by atoms with Gasteiger partial charge in [0.1, 0.15) is 0 Å². The SMILES string of the molecule is CCCC[CH2][Ni+2].O=[PH]([O-])[O-]. The minimum atomic E-state index is -3.63. The molecule has 0 radical (unpaired) electrons. The van der Waals surface area contributed by atoms with E-state index < -0.39 is 8.25 Å². The molecule has 10 heavy (non-hydrogen) atoms. The summed E-state index contributed by atoms with van der Waals surface area (Å²) in [6.45, 7) is 2.19. The molecule has 0 aliphatic carbocycles. The minimum absolute atomic E-state index is 0.980. The number of hydrogen-bond donors (Lipinski definition) is 0. The zero-order chi connectivity index (χ0) is 8.41. The van der Waals surface area contributed by atoms with Crippen molar-refractivity contribution in [2.24, 2.45) is 0 Å². The van der Waals surface area contributed by atoms with Crippen molar-refractivity contribution in [2.45, 2.75) is 31.6 Å². The molecular weight excluding hydrogens is 198 g/mol. The van der Waals surface area contributed by atoms with Gasteiger partial charge in [-0.15, -0.1) is 0 Å². The van der Waals surface area contributed by atoms with E-state index in [1.54, 1.807) is 0 Å². The van der Waals surface area contributed by atoms with Crippen LogP contribution in [0.4, 0.5) is 0 Å². The average molecular weight is 210 g/mol. The van der Waals surface area contributed by atoms with E-state index in [2.05, 4.69) is 22.4 Å². The maximum atomic E-state index is 8.52. The monoisotopic (exact) mass is 209 g/mol. The Bertz CT molecular complexity index is 71.3. The summed E-state index contributed by atoms with van der Waals surface area (Å²) in [5.41, 5.74) is 0. The van der Waals surface area contributed by atoms with Gasteiger partial charge in [0, 0.05) is 0 Å². The Morgan fingerprint density at radius 3 is 1.90 bits per heavy atom. The van der Waals surface area contributed by atoms with E-state index in [0.717, 1.165) is 5.39 Å². The van der Waals surface area contributed by atoms with Gasteiger partial charge in [-0.3, -0.25) is 0 Å². The van der Waals surface area contributed by atoms with Crippen molar-refractivity contribution in [1.29, 1.82) is 0 Å². The van der Waals surface area contributed by atoms with Gasteiger partial charge in [0.2, 0.25) is 0 Å². The van der Waals surface area contributed by atoms with Crippen molar-refractivity contribution < 1.29 is 29.8 Å². The Morgan fingerprint density at radius 2 is 1.80 bits per heavy atom. The second kappa shape index (κ2) is 12.3. The normalized spacial score (nSPS) is 8.90. The number of unbranched alkanes of at least 4 members (excludes halogenated alkanes) is 2. The van der Waals surface area contributed by atoms with E-state index in [-0.39, 0.29) is 0 Å². The minimum Gasteiger partial charge on any atom is -0.813 e. The van der Waals surface area contributed by atoms with Crippen LogP contribution in [0.1, 0.15) is 26.2 Å². The summed E-state index contributed by atoms with van der Waals surface area (Å²) in [5.74, 6) is 0. The molecule has 0 aromatic rings. The van der Waals surface area contributed by atoms with Crippen molar-refractivity contribution in [3.63, 3.8) is 0 Å². The van der Waals surface area contributed by atoms with Crippen LogP contribution in [0.25, 0.3) is 0 Å². The van der Waals surface area contributed by atoms with Crippen molar-refractivity contribution in [3.8, 4) is 0 Å². The molecule has 0 amide bonds. The summed E-state index contributed by atoms with van der Waals surface area (Å²) in [4.78, 5) is 17.0. The van der Waals surface area contributed by atoms with Crippen LogP contribution in [0.15, 0.2) is 0 Å². The van der Waals surface area contributed by atoms with Crippen LogP contribution in [0, 0.1) is 0 Å². The average Bonchev–Trinajstić information content (AvgIpc) is 1.82. The van der Waals surface area contributed by atoms with E-state index in [0.29, 0.717) is 0 Å². The van der Waals surface area contributed by atoms with Crippen LogP contribution in [0.5, 0.6) is 0 Å². The van der Waals surface area contributed by atoms with Gasteiger partial charge in [-0.2, -0.15) is 0 Å². The molecule has 0 aliphatic rings. The quantitative estimate of drug-likeness (QED) is 0.380. The van der Waals surface area contributed by atoms with Crippen molar-refractivity contribution in [2.75, 3.05) is 0 Å². The van der Waals surface area contributed by atoms with Crippen LogP contribution in [0.3, 0.4) is 0 Å². The first-order valence-electron chi connectivity index (χ1n) is 3.04. The van der Waals surface area contributed by atoms with Crippen LogP contribution in [-0.2, 0) is 20.0 Å². The van der Waals surface area contributed by atoms with E-state index in [1.807, 2.05) is 0 Å². The van der Waals surface area contributed by atoms with Crippen LogP contribution >= 0.6 is 8.25 Å². The van der Waals surface area contributed by atoms with Gasteiger partial charge in [-0.1, -0.05) is 8.25 Å². The standard InChI is InChI=1S/C5H11.Ni.H3O3P/c1-3-5-4-2;;1-4(2)3/h1,3-5H2,2H3;;4H,(H2,1,2,3)/q;+2;/p-2. The van der Waals surface area contributed by atoms with Crippen LogP contribution in [-0.4, -0.2) is 0 Å². The Kier molecular flexibility index (Phi) is 16.3. The van der Waals surface area contributed by atoms with Gasteiger partial charge in [-0.25, -0.2) is 0 Å². The molecule has 3 nitrogen and oxygen atoms in total. The van der Waals surface area contributed by atoms with Gasteiger partial charge < -0.3 is 14.4 Å². The first-order chi connectivity index (χ1) is 4.65. The molecule has 0 aromatic heterocycles. The summed E-state index contributed by atoms with van der Waals surface area (Å²) < 4.78 is 8.52. The molecule has 0 aromatic carbocycles. The summed E-state index contributed by atoms with van der Waals surface area (Å²) in [6.07, 6.45) is 3.86. The molecule has 0 fully saturated rings. The van der Waals surface area contributed by atoms with Gasteiger partial charge >= 0.3 is 47.0 Å². The Labute approximate surface area is 70.2 Å². The van der Waals surface area contributed by atoms with Crippen LogP contribution in [0.2, 0.25) is 5.39 Å². The Morgan fingerprint density at radius 1 is 1.40 bits per heavy atom. The number of rotatable bonds is 3. The molecule has 0 N–H and O–H groups in total. The fourth-order valence-electron chi connectivity index (χ4n) is 0.329. The van der Waals surface area contributed by atoms with Crippen molar-refractivity contribution in [1.82, 2.24) is 0 Å². The van der Waals surface area contributed by atoms with E-state index in [4.69, 9.17) is 14.4 Å². The second-order valence-electron chi connectivity index (χ2n) is 1.62. The molecule has 0 spiro atoms. The van der Waals surface area contributed by atoms with Gasteiger partial charge in [0.25, 0.3) is 0 Å². The largest absolute Gasteiger partial charge is 0.813 e. The van der Waals surface area contributed by atoms with E-state index in [1.165, 1.54) is 19.3 Å². The number of hydrogen-bond acceptors (Lipinski definition) is 3. The smallest absolute Gasteiger partial charge is 0.0813 e. The predicted molar refractivity (Wildman–Crippen MR) is 33.3 cm³/mol. The zero-order valence-electron chi connectivity index (χ0n) is 5.87. The Hall–Kier alpha value is 0.644. The summed E-state index contributed by atoms with van der Waals surface area (Å²) in [6, 6.07) is 0. The molecule has 0 heterocycles. The van der Waals surface area contributed by atoms with Crippen molar-refractivity contribution in [3.05, 3.63) is 0 Å². The fraction of sp³-hybridized carbons (Fsp3) is 1.00. The molecule has 0 bridgehead atoms. The first-order valence-corrected chi connectivity index (χ1v) is 4.97. The Balaban J connectivity index is 0. The van der Waals surface area contributed by atoms with Gasteiger partial charge in [-0.05, 0) is 0 Å². The summed E-state index contributed by atoms with van der Waals surface area (Å²) in [7, 11) is -3.63. The molecule has 0 atom stereocenters. The topological polar surface area (TPSA) is 63.2 Å². The molecule has 0 aliphatic heterocycles. The zero-order valence-corrected chi connectivity index (χ0v) is 7.86. The third kappa shape index (κ3) is 38.0. The third-order valence-electron chi connectivity index (χ3n) is 0.715. The predicted octanol–water partition coefficient (Wildman–Crippen LogP) is 0.238. The summed E-state index contributed by atoms with van der Waals surface area (Å²) >= 11 is 4.47. The molecule has 65 valence electrons. The van der Waals surface area contributed by atoms with Gasteiger partial charge in [0.05, 0.1) is 0 Å². The van der Waals surface area contributed by atoms with Gasteiger partial charge in [0.15, 0.2) is 0 Å². The molecule has 0 saturated heterocycles. The first kappa shape index (κ1) is 13.2.